The lowest BCUT2D eigenvalue weighted by Gasteiger charge is -2.31. The fourth-order valence-electron chi connectivity index (χ4n) is 3.60. The summed E-state index contributed by atoms with van der Waals surface area (Å²) in [7, 11) is 0. The van der Waals surface area contributed by atoms with Gasteiger partial charge in [-0.3, -0.25) is 4.79 Å². The van der Waals surface area contributed by atoms with E-state index in [-0.39, 0.29) is 5.91 Å². The van der Waals surface area contributed by atoms with Gasteiger partial charge in [0.1, 0.15) is 0 Å². The molecule has 3 heteroatoms. The van der Waals surface area contributed by atoms with Gasteiger partial charge in [0.05, 0.1) is 0 Å². The van der Waals surface area contributed by atoms with Crippen molar-refractivity contribution in [3.63, 3.8) is 0 Å². The molecule has 102 valence electrons. The molecule has 1 saturated carbocycles. The summed E-state index contributed by atoms with van der Waals surface area (Å²) < 4.78 is 0. The van der Waals surface area contributed by atoms with E-state index in [1.54, 1.807) is 0 Å². The predicted molar refractivity (Wildman–Crippen MR) is 77.0 cm³/mol. The zero-order chi connectivity index (χ0) is 13.4. The molecule has 19 heavy (non-hydrogen) atoms. The Morgan fingerprint density at radius 2 is 2.05 bits per heavy atom. The average molecular weight is 258 g/mol. The molecule has 2 unspecified atom stereocenters. The molecule has 0 spiro atoms. The van der Waals surface area contributed by atoms with E-state index in [1.807, 2.05) is 25.1 Å². The van der Waals surface area contributed by atoms with Crippen molar-refractivity contribution < 1.29 is 4.79 Å². The highest BCUT2D eigenvalue weighted by atomic mass is 16.2. The molecule has 1 aromatic carbocycles. The summed E-state index contributed by atoms with van der Waals surface area (Å²) in [5.41, 5.74) is 8.41. The van der Waals surface area contributed by atoms with E-state index in [4.69, 9.17) is 5.73 Å². The maximum Gasteiger partial charge on any atom is 0.254 e. The van der Waals surface area contributed by atoms with Gasteiger partial charge in [-0.25, -0.2) is 0 Å². The zero-order valence-electron chi connectivity index (χ0n) is 11.6. The summed E-state index contributed by atoms with van der Waals surface area (Å²) >= 11 is 0. The van der Waals surface area contributed by atoms with Crippen LogP contribution in [0.3, 0.4) is 0 Å². The molecule has 0 aromatic heterocycles. The fraction of sp³-hybridized carbons (Fsp3) is 0.562. The van der Waals surface area contributed by atoms with Gasteiger partial charge in [-0.05, 0) is 49.8 Å². The zero-order valence-corrected chi connectivity index (χ0v) is 11.6. The van der Waals surface area contributed by atoms with Crippen LogP contribution in [0.15, 0.2) is 18.2 Å². The standard InChI is InChI=1S/C16H22N2O/c1-11-6-7-13(10-14(11)17)16(19)18-9-8-12-4-2-3-5-15(12)18/h6-7,10,12,15H,2-5,8-9,17H2,1H3. The van der Waals surface area contributed by atoms with Crippen molar-refractivity contribution in [2.45, 2.75) is 45.1 Å². The average Bonchev–Trinajstić information content (AvgIpc) is 2.85. The van der Waals surface area contributed by atoms with Crippen molar-refractivity contribution in [3.8, 4) is 0 Å². The molecule has 0 radical (unpaired) electrons. The number of carbonyl (C=O) groups is 1. The Kier molecular flexibility index (Phi) is 3.21. The van der Waals surface area contributed by atoms with Gasteiger partial charge in [-0.1, -0.05) is 18.9 Å². The number of hydrogen-bond donors (Lipinski definition) is 1. The smallest absolute Gasteiger partial charge is 0.254 e. The number of nitrogens with two attached hydrogens (primary N) is 1. The Balaban J connectivity index is 1.81. The van der Waals surface area contributed by atoms with E-state index >= 15 is 0 Å². The van der Waals surface area contributed by atoms with Crippen LogP contribution in [0.5, 0.6) is 0 Å². The number of amides is 1. The first-order chi connectivity index (χ1) is 9.16. The number of hydrogen-bond acceptors (Lipinski definition) is 2. The number of carbonyl (C=O) groups excluding carboxylic acids is 1. The van der Waals surface area contributed by atoms with E-state index in [9.17, 15) is 4.79 Å². The molecule has 3 rings (SSSR count). The SMILES string of the molecule is Cc1ccc(C(=O)N2CCC3CCCCC32)cc1N. The monoisotopic (exact) mass is 258 g/mol. The van der Waals surface area contributed by atoms with Gasteiger partial charge >= 0.3 is 0 Å². The maximum atomic E-state index is 12.6. The highest BCUT2D eigenvalue weighted by Crippen LogP contribution is 2.36. The minimum absolute atomic E-state index is 0.168. The normalized spacial score (nSPS) is 26.3. The highest BCUT2D eigenvalue weighted by Gasteiger charge is 2.38. The van der Waals surface area contributed by atoms with Crippen molar-refractivity contribution in [1.82, 2.24) is 4.90 Å². The topological polar surface area (TPSA) is 46.3 Å². The van der Waals surface area contributed by atoms with Gasteiger partial charge in [-0.2, -0.15) is 0 Å². The number of aryl methyl sites for hydroxylation is 1. The van der Waals surface area contributed by atoms with E-state index < -0.39 is 0 Å². The van der Waals surface area contributed by atoms with E-state index in [2.05, 4.69) is 4.90 Å². The lowest BCUT2D eigenvalue weighted by atomic mass is 9.85. The third-order valence-corrected chi connectivity index (χ3v) is 4.80. The number of fused-ring (bicyclic) bond motifs is 1. The summed E-state index contributed by atoms with van der Waals surface area (Å²) in [4.78, 5) is 14.7. The Morgan fingerprint density at radius 3 is 2.84 bits per heavy atom. The molecule has 0 bridgehead atoms. The predicted octanol–water partition coefficient (Wildman–Crippen LogP) is 2.98. The number of rotatable bonds is 1. The van der Waals surface area contributed by atoms with E-state index in [0.717, 1.165) is 23.6 Å². The van der Waals surface area contributed by atoms with Gasteiger partial charge in [0.2, 0.25) is 0 Å². The lowest BCUT2D eigenvalue weighted by Crippen LogP contribution is -2.39. The summed E-state index contributed by atoms with van der Waals surface area (Å²) in [5.74, 6) is 0.904. The van der Waals surface area contributed by atoms with Crippen molar-refractivity contribution in [1.29, 1.82) is 0 Å². The van der Waals surface area contributed by atoms with Crippen LogP contribution in [-0.2, 0) is 0 Å². The molecular weight excluding hydrogens is 236 g/mol. The van der Waals surface area contributed by atoms with Gasteiger partial charge in [0.25, 0.3) is 5.91 Å². The van der Waals surface area contributed by atoms with Crippen molar-refractivity contribution in [2.24, 2.45) is 5.92 Å². The highest BCUT2D eigenvalue weighted by molar-refractivity contribution is 5.95. The van der Waals surface area contributed by atoms with Gasteiger partial charge in [0.15, 0.2) is 0 Å². The van der Waals surface area contributed by atoms with Crippen LogP contribution < -0.4 is 5.73 Å². The maximum absolute atomic E-state index is 12.6. The Hall–Kier alpha value is -1.51. The van der Waals surface area contributed by atoms with Crippen LogP contribution in [0.2, 0.25) is 0 Å². The van der Waals surface area contributed by atoms with E-state index in [1.165, 1.54) is 32.1 Å². The fourth-order valence-corrected chi connectivity index (χ4v) is 3.60. The van der Waals surface area contributed by atoms with Crippen molar-refractivity contribution >= 4 is 11.6 Å². The van der Waals surface area contributed by atoms with Gasteiger partial charge in [0, 0.05) is 23.8 Å². The third-order valence-electron chi connectivity index (χ3n) is 4.80. The molecule has 2 fully saturated rings. The first-order valence-corrected chi connectivity index (χ1v) is 7.34. The van der Waals surface area contributed by atoms with Gasteiger partial charge < -0.3 is 10.6 Å². The molecule has 2 aliphatic rings. The molecule has 3 nitrogen and oxygen atoms in total. The Bertz CT molecular complexity index is 498. The third kappa shape index (κ3) is 2.22. The number of nitrogen functional groups attached to an aromatic ring is 1. The summed E-state index contributed by atoms with van der Waals surface area (Å²) in [5, 5.41) is 0. The lowest BCUT2D eigenvalue weighted by molar-refractivity contribution is 0.0690. The van der Waals surface area contributed by atoms with Crippen molar-refractivity contribution in [2.75, 3.05) is 12.3 Å². The summed E-state index contributed by atoms with van der Waals surface area (Å²) in [6, 6.07) is 6.15. The number of benzene rings is 1. The second-order valence-electron chi connectivity index (χ2n) is 5.97. The van der Waals surface area contributed by atoms with Gasteiger partial charge in [-0.15, -0.1) is 0 Å². The Labute approximate surface area is 114 Å². The summed E-state index contributed by atoms with van der Waals surface area (Å²) in [6.07, 6.45) is 6.25. The molecular formula is C16H22N2O. The second kappa shape index (κ2) is 4.87. The number of nitrogens with zero attached hydrogens (tertiary/aromatic N) is 1. The quantitative estimate of drug-likeness (QED) is 0.787. The molecule has 1 aliphatic heterocycles. The van der Waals surface area contributed by atoms with Crippen LogP contribution in [-0.4, -0.2) is 23.4 Å². The van der Waals surface area contributed by atoms with E-state index in [0.29, 0.717) is 11.7 Å². The van der Waals surface area contributed by atoms with Crippen LogP contribution in [0.25, 0.3) is 0 Å². The van der Waals surface area contributed by atoms with Crippen LogP contribution in [0.1, 0.15) is 48.0 Å². The Morgan fingerprint density at radius 1 is 1.26 bits per heavy atom. The number of anilines is 1. The first kappa shape index (κ1) is 12.5. The molecule has 2 N–H and O–H groups in total. The second-order valence-corrected chi connectivity index (χ2v) is 5.97. The van der Waals surface area contributed by atoms with Crippen molar-refractivity contribution in [3.05, 3.63) is 29.3 Å². The van der Waals surface area contributed by atoms with Crippen LogP contribution in [0.4, 0.5) is 5.69 Å². The molecule has 1 heterocycles. The number of likely N-dealkylation sites (tertiary alicyclic amines) is 1. The van der Waals surface area contributed by atoms with Crippen LogP contribution in [0, 0.1) is 12.8 Å². The minimum atomic E-state index is 0.168. The van der Waals surface area contributed by atoms with Crippen LogP contribution >= 0.6 is 0 Å². The largest absolute Gasteiger partial charge is 0.398 e. The molecule has 2 atom stereocenters. The summed E-state index contributed by atoms with van der Waals surface area (Å²) in [6.45, 7) is 2.89. The molecule has 1 aliphatic carbocycles. The molecule has 1 amide bonds. The molecule has 1 aromatic rings. The minimum Gasteiger partial charge on any atom is -0.398 e. The first-order valence-electron chi connectivity index (χ1n) is 7.34. The molecule has 1 saturated heterocycles.